The van der Waals surface area contributed by atoms with E-state index >= 15 is 0 Å². The van der Waals surface area contributed by atoms with Gasteiger partial charge in [0.2, 0.25) is 0 Å². The fourth-order valence-electron chi connectivity index (χ4n) is 2.19. The maximum atomic E-state index is 11.7. The molecule has 0 aromatic carbocycles. The van der Waals surface area contributed by atoms with Crippen molar-refractivity contribution in [1.82, 2.24) is 20.5 Å². The number of nitrogens with one attached hydrogen (secondary N) is 2. The van der Waals surface area contributed by atoms with Gasteiger partial charge in [-0.25, -0.2) is 4.98 Å². The Bertz CT molecular complexity index is 430. The Morgan fingerprint density at radius 1 is 1.56 bits per heavy atom. The summed E-state index contributed by atoms with van der Waals surface area (Å²) in [5, 5.41) is 20.2. The van der Waals surface area contributed by atoms with Gasteiger partial charge in [-0.1, -0.05) is 11.8 Å². The first-order valence-corrected chi connectivity index (χ1v) is 7.18. The second-order valence-corrected chi connectivity index (χ2v) is 6.01. The third-order valence-corrected chi connectivity index (χ3v) is 4.59. The van der Waals surface area contributed by atoms with Gasteiger partial charge in [-0.05, 0) is 31.6 Å². The predicted molar refractivity (Wildman–Crippen MR) is 66.4 cm³/mol. The van der Waals surface area contributed by atoms with Crippen LogP contribution in [0.4, 0.5) is 0 Å². The van der Waals surface area contributed by atoms with Crippen LogP contribution in [0.25, 0.3) is 0 Å². The molecule has 1 heterocycles. The quantitative estimate of drug-likeness (QED) is 0.636. The van der Waals surface area contributed by atoms with Gasteiger partial charge in [0, 0.05) is 11.8 Å². The zero-order chi connectivity index (χ0) is 12.6. The first kappa shape index (κ1) is 12.0. The van der Waals surface area contributed by atoms with Crippen molar-refractivity contribution in [3.63, 3.8) is 0 Å². The number of H-pyrrole nitrogens is 1. The maximum absolute atomic E-state index is 11.7. The van der Waals surface area contributed by atoms with Crippen molar-refractivity contribution in [2.24, 2.45) is 5.92 Å². The molecule has 7 heteroatoms. The first-order valence-electron chi connectivity index (χ1n) is 6.20. The smallest absolute Gasteiger partial charge is 0.325 e. The van der Waals surface area contributed by atoms with Crippen molar-refractivity contribution in [1.29, 1.82) is 0 Å². The van der Waals surface area contributed by atoms with Crippen LogP contribution >= 0.6 is 11.8 Å². The number of rotatable bonds is 7. The Labute approximate surface area is 109 Å². The Morgan fingerprint density at radius 2 is 2.33 bits per heavy atom. The van der Waals surface area contributed by atoms with Crippen molar-refractivity contribution in [3.8, 4) is 0 Å². The summed E-state index contributed by atoms with van der Waals surface area (Å²) in [7, 11) is 0. The van der Waals surface area contributed by atoms with Crippen molar-refractivity contribution in [2.45, 2.75) is 42.4 Å². The minimum absolute atomic E-state index is 0.256. The number of aromatic amines is 1. The molecule has 3 N–H and O–H groups in total. The van der Waals surface area contributed by atoms with Crippen LogP contribution in [0.2, 0.25) is 0 Å². The molecule has 3 rings (SSSR count). The molecule has 1 aromatic rings. The summed E-state index contributed by atoms with van der Waals surface area (Å²) in [6, 6.07) is 0.386. The van der Waals surface area contributed by atoms with E-state index in [9.17, 15) is 9.90 Å². The fourth-order valence-corrected chi connectivity index (χ4v) is 3.24. The Morgan fingerprint density at radius 3 is 2.83 bits per heavy atom. The highest BCUT2D eigenvalue weighted by atomic mass is 32.2. The molecule has 98 valence electrons. The molecule has 0 saturated heterocycles. The van der Waals surface area contributed by atoms with Crippen molar-refractivity contribution in [2.75, 3.05) is 5.75 Å². The highest BCUT2D eigenvalue weighted by Gasteiger charge is 2.53. The summed E-state index contributed by atoms with van der Waals surface area (Å²) in [6.45, 7) is 0. The predicted octanol–water partition coefficient (Wildman–Crippen LogP) is 0.882. The average Bonchev–Trinajstić information content (AvgIpc) is 3.25. The van der Waals surface area contributed by atoms with Crippen molar-refractivity contribution < 1.29 is 9.90 Å². The van der Waals surface area contributed by atoms with Crippen LogP contribution in [0.15, 0.2) is 11.5 Å². The van der Waals surface area contributed by atoms with E-state index in [2.05, 4.69) is 20.5 Å². The van der Waals surface area contributed by atoms with Crippen LogP contribution < -0.4 is 5.32 Å². The van der Waals surface area contributed by atoms with E-state index in [1.807, 2.05) is 0 Å². The first-order chi connectivity index (χ1) is 8.71. The van der Waals surface area contributed by atoms with Crippen LogP contribution in [0, 0.1) is 5.92 Å². The highest BCUT2D eigenvalue weighted by Crippen LogP contribution is 2.44. The number of carbonyl (C=O) groups is 1. The second-order valence-electron chi connectivity index (χ2n) is 5.05. The average molecular weight is 268 g/mol. The summed E-state index contributed by atoms with van der Waals surface area (Å²) < 4.78 is 0. The van der Waals surface area contributed by atoms with E-state index in [4.69, 9.17) is 0 Å². The molecule has 1 unspecified atom stereocenters. The van der Waals surface area contributed by atoms with Gasteiger partial charge in [0.1, 0.15) is 11.9 Å². The zero-order valence-electron chi connectivity index (χ0n) is 9.93. The van der Waals surface area contributed by atoms with E-state index in [1.165, 1.54) is 18.1 Å². The lowest BCUT2D eigenvalue weighted by Crippen LogP contribution is -2.57. The largest absolute Gasteiger partial charge is 0.480 e. The lowest BCUT2D eigenvalue weighted by atomic mass is 9.95. The Balaban J connectivity index is 1.72. The molecule has 0 radical (unpaired) electrons. The molecule has 2 fully saturated rings. The summed E-state index contributed by atoms with van der Waals surface area (Å²) in [4.78, 5) is 15.7. The fraction of sp³-hybridized carbons (Fsp3) is 0.727. The van der Waals surface area contributed by atoms with Crippen LogP contribution in [-0.4, -0.2) is 43.6 Å². The summed E-state index contributed by atoms with van der Waals surface area (Å²) in [5.41, 5.74) is -0.793. The van der Waals surface area contributed by atoms with Gasteiger partial charge in [-0.15, -0.1) is 0 Å². The van der Waals surface area contributed by atoms with E-state index in [0.717, 1.165) is 25.7 Å². The third kappa shape index (κ3) is 2.37. The molecular formula is C11H16N4O2S. The Hall–Kier alpha value is -1.08. The zero-order valence-corrected chi connectivity index (χ0v) is 10.7. The van der Waals surface area contributed by atoms with Crippen molar-refractivity contribution in [3.05, 3.63) is 6.33 Å². The number of nitrogens with zero attached hydrogens (tertiary/aromatic N) is 2. The number of carboxylic acids is 1. The number of hydrogen-bond donors (Lipinski definition) is 3. The van der Waals surface area contributed by atoms with Gasteiger partial charge < -0.3 is 5.11 Å². The third-order valence-electron chi connectivity index (χ3n) is 3.52. The summed E-state index contributed by atoms with van der Waals surface area (Å²) in [6.07, 6.45) is 5.63. The second kappa shape index (κ2) is 4.55. The van der Waals surface area contributed by atoms with Crippen molar-refractivity contribution >= 4 is 17.7 Å². The molecule has 18 heavy (non-hydrogen) atoms. The molecule has 0 amide bonds. The minimum Gasteiger partial charge on any atom is -0.480 e. The molecule has 2 aliphatic rings. The van der Waals surface area contributed by atoms with E-state index in [-0.39, 0.29) is 5.92 Å². The normalized spacial score (nSPS) is 22.7. The lowest BCUT2D eigenvalue weighted by molar-refractivity contribution is -0.145. The van der Waals surface area contributed by atoms with E-state index in [1.54, 1.807) is 0 Å². The minimum atomic E-state index is -0.793. The van der Waals surface area contributed by atoms with Crippen LogP contribution in [0.1, 0.15) is 25.7 Å². The number of hydrogen-bond acceptors (Lipinski definition) is 5. The number of thioether (sulfide) groups is 1. The lowest BCUT2D eigenvalue weighted by Gasteiger charge is -2.30. The molecule has 2 saturated carbocycles. The summed E-state index contributed by atoms with van der Waals surface area (Å²) >= 11 is 1.43. The van der Waals surface area contributed by atoms with Gasteiger partial charge in [0.15, 0.2) is 5.16 Å². The highest BCUT2D eigenvalue weighted by molar-refractivity contribution is 7.99. The Kier molecular flexibility index (Phi) is 3.03. The molecule has 1 aromatic heterocycles. The molecule has 6 nitrogen and oxygen atoms in total. The summed E-state index contributed by atoms with van der Waals surface area (Å²) in [5.74, 6) is 0.0218. The molecule has 0 bridgehead atoms. The van der Waals surface area contributed by atoms with Gasteiger partial charge >= 0.3 is 5.97 Å². The molecule has 0 spiro atoms. The van der Waals surface area contributed by atoms with Gasteiger partial charge in [-0.2, -0.15) is 5.10 Å². The molecule has 0 aliphatic heterocycles. The number of aliphatic carboxylic acids is 1. The van der Waals surface area contributed by atoms with Crippen LogP contribution in [-0.2, 0) is 4.79 Å². The monoisotopic (exact) mass is 268 g/mol. The standard InChI is InChI=1S/C11H16N4O2S/c16-9(17)11(7-1-2-7,14-8-3-4-8)5-18-10-12-6-13-15-10/h6-8,14H,1-5H2,(H,16,17)(H,12,13,15). The van der Waals surface area contributed by atoms with Gasteiger partial charge in [0.25, 0.3) is 0 Å². The SMILES string of the molecule is O=C(O)C(CSc1ncn[nH]1)(NC1CC1)C1CC1. The number of aromatic nitrogens is 3. The number of carboxylic acid groups (broad SMARTS) is 1. The van der Waals surface area contributed by atoms with Crippen LogP contribution in [0.3, 0.4) is 0 Å². The van der Waals surface area contributed by atoms with Gasteiger partial charge in [0.05, 0.1) is 0 Å². The van der Waals surface area contributed by atoms with E-state index in [0.29, 0.717) is 17.0 Å². The van der Waals surface area contributed by atoms with Gasteiger partial charge in [-0.3, -0.25) is 15.2 Å². The van der Waals surface area contributed by atoms with Crippen LogP contribution in [0.5, 0.6) is 0 Å². The molecular weight excluding hydrogens is 252 g/mol. The molecule has 2 aliphatic carbocycles. The molecule has 1 atom stereocenters. The topological polar surface area (TPSA) is 90.9 Å². The maximum Gasteiger partial charge on any atom is 0.325 e. The van der Waals surface area contributed by atoms with E-state index < -0.39 is 11.5 Å².